The molecule has 0 aliphatic carbocycles. The van der Waals surface area contributed by atoms with E-state index in [-0.39, 0.29) is 3.57 Å². The lowest BCUT2D eigenvalue weighted by Crippen LogP contribution is -2.29. The van der Waals surface area contributed by atoms with E-state index in [1.807, 2.05) is 0 Å². The number of halogens is 4. The van der Waals surface area contributed by atoms with Crippen molar-refractivity contribution < 1.29 is 18.3 Å². The van der Waals surface area contributed by atoms with E-state index in [2.05, 4.69) is 0 Å². The van der Waals surface area contributed by atoms with Crippen LogP contribution >= 0.6 is 22.6 Å². The Morgan fingerprint density at radius 2 is 2.00 bits per heavy atom. The first-order valence-electron chi connectivity index (χ1n) is 3.87. The van der Waals surface area contributed by atoms with Gasteiger partial charge in [0, 0.05) is 3.57 Å². The van der Waals surface area contributed by atoms with Gasteiger partial charge in [-0.3, -0.25) is 0 Å². The lowest BCUT2D eigenvalue weighted by Gasteiger charge is -2.20. The molecule has 1 N–H and O–H groups in total. The molecule has 0 spiro atoms. The van der Waals surface area contributed by atoms with Crippen LogP contribution in [0.4, 0.5) is 13.2 Å². The van der Waals surface area contributed by atoms with Gasteiger partial charge in [-0.2, -0.15) is 8.78 Å². The molecular weight excluding hydrogens is 308 g/mol. The monoisotopic (exact) mass is 316 g/mol. The Kier molecular flexibility index (Phi) is 3.41. The fourth-order valence-corrected chi connectivity index (χ4v) is 1.48. The molecule has 1 aromatic rings. The molecule has 0 aliphatic rings. The van der Waals surface area contributed by atoms with Gasteiger partial charge < -0.3 is 5.11 Å². The number of benzene rings is 1. The number of aliphatic hydroxyl groups is 1. The molecule has 0 radical (unpaired) electrons. The van der Waals surface area contributed by atoms with Crippen molar-refractivity contribution >= 4 is 22.6 Å². The summed E-state index contributed by atoms with van der Waals surface area (Å²) >= 11 is 1.62. The van der Waals surface area contributed by atoms with Crippen LogP contribution in [0.25, 0.3) is 0 Å². The standard InChI is InChI=1S/C9H8F3IO/c1-5(14)9(11,12)6-3-2-4-7(13)8(6)10/h2-5,14H,1H3/t5-/m1/s1. The minimum atomic E-state index is -3.55. The third kappa shape index (κ3) is 2.03. The highest BCUT2D eigenvalue weighted by Crippen LogP contribution is 2.34. The Balaban J connectivity index is 3.26. The summed E-state index contributed by atoms with van der Waals surface area (Å²) in [6, 6.07) is 3.69. The molecule has 0 unspecified atom stereocenters. The minimum Gasteiger partial charge on any atom is -0.387 e. The molecule has 0 saturated heterocycles. The molecule has 0 saturated carbocycles. The molecule has 1 nitrogen and oxygen atoms in total. The van der Waals surface area contributed by atoms with Crippen LogP contribution < -0.4 is 0 Å². The molecular formula is C9H8F3IO. The van der Waals surface area contributed by atoms with Crippen molar-refractivity contribution in [2.45, 2.75) is 19.0 Å². The summed E-state index contributed by atoms with van der Waals surface area (Å²) in [7, 11) is 0. The Morgan fingerprint density at radius 1 is 1.43 bits per heavy atom. The van der Waals surface area contributed by atoms with E-state index in [0.717, 1.165) is 13.0 Å². The Labute approximate surface area is 93.1 Å². The van der Waals surface area contributed by atoms with E-state index in [1.54, 1.807) is 22.6 Å². The van der Waals surface area contributed by atoms with E-state index in [0.29, 0.717) is 0 Å². The molecule has 14 heavy (non-hydrogen) atoms. The quantitative estimate of drug-likeness (QED) is 0.832. The summed E-state index contributed by atoms with van der Waals surface area (Å²) < 4.78 is 39.8. The van der Waals surface area contributed by atoms with Crippen molar-refractivity contribution in [3.05, 3.63) is 33.1 Å². The topological polar surface area (TPSA) is 20.2 Å². The average molecular weight is 316 g/mol. The van der Waals surface area contributed by atoms with E-state index < -0.39 is 23.4 Å². The average Bonchev–Trinajstić information content (AvgIpc) is 2.09. The predicted octanol–water partition coefficient (Wildman–Crippen LogP) is 2.90. The van der Waals surface area contributed by atoms with Crippen molar-refractivity contribution in [1.82, 2.24) is 0 Å². The van der Waals surface area contributed by atoms with Gasteiger partial charge in [-0.25, -0.2) is 4.39 Å². The van der Waals surface area contributed by atoms with Gasteiger partial charge in [-0.1, -0.05) is 6.07 Å². The highest BCUT2D eigenvalue weighted by Gasteiger charge is 2.40. The Morgan fingerprint density at radius 3 is 2.50 bits per heavy atom. The molecule has 0 amide bonds. The van der Waals surface area contributed by atoms with E-state index in [1.165, 1.54) is 12.1 Å². The summed E-state index contributed by atoms with van der Waals surface area (Å²) in [4.78, 5) is 0. The van der Waals surface area contributed by atoms with E-state index in [4.69, 9.17) is 5.11 Å². The van der Waals surface area contributed by atoms with Crippen LogP contribution in [-0.4, -0.2) is 11.2 Å². The van der Waals surface area contributed by atoms with Crippen LogP contribution in [0.3, 0.4) is 0 Å². The van der Waals surface area contributed by atoms with Gasteiger partial charge in [0.25, 0.3) is 0 Å². The van der Waals surface area contributed by atoms with Crippen LogP contribution in [0.5, 0.6) is 0 Å². The fraction of sp³-hybridized carbons (Fsp3) is 0.333. The van der Waals surface area contributed by atoms with Crippen molar-refractivity contribution in [2.24, 2.45) is 0 Å². The maximum absolute atomic E-state index is 13.3. The van der Waals surface area contributed by atoms with Gasteiger partial charge in [0.05, 0.1) is 5.56 Å². The summed E-state index contributed by atoms with van der Waals surface area (Å²) in [5.74, 6) is -4.52. The Bertz CT molecular complexity index is 339. The van der Waals surface area contributed by atoms with Crippen molar-refractivity contribution in [1.29, 1.82) is 0 Å². The van der Waals surface area contributed by atoms with Gasteiger partial charge in [0.1, 0.15) is 11.9 Å². The van der Waals surface area contributed by atoms with Gasteiger partial charge in [-0.05, 0) is 41.6 Å². The molecule has 0 aliphatic heterocycles. The normalized spacial score (nSPS) is 14.1. The summed E-state index contributed by atoms with van der Waals surface area (Å²) in [5, 5.41) is 8.83. The molecule has 5 heteroatoms. The van der Waals surface area contributed by atoms with Crippen LogP contribution in [0.1, 0.15) is 12.5 Å². The Hall–Kier alpha value is -0.300. The zero-order valence-electron chi connectivity index (χ0n) is 7.27. The van der Waals surface area contributed by atoms with Gasteiger partial charge >= 0.3 is 5.92 Å². The number of alkyl halides is 2. The van der Waals surface area contributed by atoms with E-state index >= 15 is 0 Å². The van der Waals surface area contributed by atoms with Gasteiger partial charge in [0.15, 0.2) is 0 Å². The van der Waals surface area contributed by atoms with E-state index in [9.17, 15) is 13.2 Å². The molecule has 0 aromatic heterocycles. The second-order valence-electron chi connectivity index (χ2n) is 2.90. The maximum Gasteiger partial charge on any atom is 0.301 e. The highest BCUT2D eigenvalue weighted by atomic mass is 127. The zero-order valence-corrected chi connectivity index (χ0v) is 9.43. The number of aliphatic hydroxyl groups excluding tert-OH is 1. The highest BCUT2D eigenvalue weighted by molar-refractivity contribution is 14.1. The second kappa shape index (κ2) is 4.06. The third-order valence-electron chi connectivity index (χ3n) is 1.84. The number of hydrogen-bond acceptors (Lipinski definition) is 1. The summed E-state index contributed by atoms with van der Waals surface area (Å²) in [5.41, 5.74) is -0.764. The number of hydrogen-bond donors (Lipinski definition) is 1. The van der Waals surface area contributed by atoms with Gasteiger partial charge in [-0.15, -0.1) is 0 Å². The fourth-order valence-electron chi connectivity index (χ4n) is 0.986. The first-order valence-corrected chi connectivity index (χ1v) is 4.95. The lowest BCUT2D eigenvalue weighted by molar-refractivity contribution is -0.108. The molecule has 0 heterocycles. The molecule has 1 aromatic carbocycles. The summed E-state index contributed by atoms with van der Waals surface area (Å²) in [6.45, 7) is 0.930. The molecule has 0 bridgehead atoms. The third-order valence-corrected chi connectivity index (χ3v) is 2.67. The van der Waals surface area contributed by atoms with Crippen LogP contribution in [0.15, 0.2) is 18.2 Å². The first-order chi connectivity index (χ1) is 6.37. The molecule has 78 valence electrons. The first kappa shape index (κ1) is 11.8. The van der Waals surface area contributed by atoms with Crippen molar-refractivity contribution in [3.63, 3.8) is 0 Å². The van der Waals surface area contributed by atoms with Crippen LogP contribution in [-0.2, 0) is 5.92 Å². The summed E-state index contributed by atoms with van der Waals surface area (Å²) in [6.07, 6.45) is -1.91. The minimum absolute atomic E-state index is 0.112. The molecule has 1 rings (SSSR count). The van der Waals surface area contributed by atoms with Crippen molar-refractivity contribution in [2.75, 3.05) is 0 Å². The number of rotatable bonds is 2. The van der Waals surface area contributed by atoms with Crippen LogP contribution in [0.2, 0.25) is 0 Å². The smallest absolute Gasteiger partial charge is 0.301 e. The lowest BCUT2D eigenvalue weighted by atomic mass is 10.0. The second-order valence-corrected chi connectivity index (χ2v) is 4.06. The maximum atomic E-state index is 13.3. The molecule has 0 fully saturated rings. The SMILES string of the molecule is C[C@@H](O)C(F)(F)c1cccc(I)c1F. The predicted molar refractivity (Wildman–Crippen MR) is 54.7 cm³/mol. The van der Waals surface area contributed by atoms with Crippen molar-refractivity contribution in [3.8, 4) is 0 Å². The van der Waals surface area contributed by atoms with Crippen LogP contribution in [0, 0.1) is 9.39 Å². The zero-order chi connectivity index (χ0) is 10.9. The van der Waals surface area contributed by atoms with Gasteiger partial charge in [0.2, 0.25) is 0 Å². The molecule has 1 atom stereocenters. The largest absolute Gasteiger partial charge is 0.387 e.